The van der Waals surface area contributed by atoms with Crippen LogP contribution in [0.25, 0.3) is 11.6 Å². The lowest BCUT2D eigenvalue weighted by Gasteiger charge is -2.36. The van der Waals surface area contributed by atoms with Crippen LogP contribution in [0.3, 0.4) is 0 Å². The summed E-state index contributed by atoms with van der Waals surface area (Å²) < 4.78 is 11.2. The molecule has 3 heterocycles. The highest BCUT2D eigenvalue weighted by Crippen LogP contribution is 2.19. The van der Waals surface area contributed by atoms with Crippen molar-refractivity contribution in [1.29, 1.82) is 0 Å². The third-order valence-electron chi connectivity index (χ3n) is 4.83. The van der Waals surface area contributed by atoms with Gasteiger partial charge in [0.05, 0.1) is 6.61 Å². The van der Waals surface area contributed by atoms with Gasteiger partial charge in [-0.15, -0.1) is 10.2 Å². The number of ether oxygens (including phenoxy) is 1. The number of benzene rings is 1. The second-order valence-electron chi connectivity index (χ2n) is 6.85. The number of rotatable bonds is 7. The Labute approximate surface area is 165 Å². The monoisotopic (exact) mass is 379 g/mol. The lowest BCUT2D eigenvalue weighted by Crippen LogP contribution is -2.46. The molecule has 1 fully saturated rings. The second kappa shape index (κ2) is 8.84. The van der Waals surface area contributed by atoms with Crippen LogP contribution < -0.4 is 9.64 Å². The van der Waals surface area contributed by atoms with E-state index in [0.29, 0.717) is 30.0 Å². The van der Waals surface area contributed by atoms with Gasteiger partial charge in [0.25, 0.3) is 5.89 Å². The van der Waals surface area contributed by atoms with Gasteiger partial charge in [0, 0.05) is 51.4 Å². The maximum atomic E-state index is 5.82. The molecule has 1 aliphatic rings. The minimum absolute atomic E-state index is 0.416. The zero-order valence-corrected chi connectivity index (χ0v) is 16.1. The van der Waals surface area contributed by atoms with Crippen molar-refractivity contribution in [1.82, 2.24) is 20.1 Å². The number of anilines is 1. The molecule has 0 saturated carbocycles. The Balaban J connectivity index is 1.19. The number of aryl methyl sites for hydroxylation is 1. The molecule has 1 aromatic carbocycles. The Morgan fingerprint density at radius 3 is 2.54 bits per heavy atom. The van der Waals surface area contributed by atoms with Crippen molar-refractivity contribution in [2.24, 2.45) is 0 Å². The van der Waals surface area contributed by atoms with Crippen LogP contribution in [0.15, 0.2) is 52.9 Å². The van der Waals surface area contributed by atoms with Gasteiger partial charge in [-0.1, -0.05) is 24.3 Å². The summed E-state index contributed by atoms with van der Waals surface area (Å²) >= 11 is 0. The van der Waals surface area contributed by atoms with E-state index in [2.05, 4.69) is 55.3 Å². The standard InChI is InChI=1S/C21H25N5O2/c1-17-23-24-21(28-17)19-9-5-10-20(22-19)27-16-6-11-25-12-14-26(15-13-25)18-7-3-2-4-8-18/h2-5,7-10H,6,11-16H2,1H3. The van der Waals surface area contributed by atoms with Gasteiger partial charge in [0.2, 0.25) is 11.8 Å². The molecule has 0 bridgehead atoms. The fourth-order valence-corrected chi connectivity index (χ4v) is 3.35. The first-order chi connectivity index (χ1) is 13.8. The predicted octanol–water partition coefficient (Wildman–Crippen LogP) is 3.03. The number of pyridine rings is 1. The molecule has 1 aliphatic heterocycles. The van der Waals surface area contributed by atoms with Gasteiger partial charge in [-0.3, -0.25) is 4.90 Å². The van der Waals surface area contributed by atoms with E-state index in [4.69, 9.17) is 9.15 Å². The Morgan fingerprint density at radius 2 is 1.79 bits per heavy atom. The number of nitrogens with zero attached hydrogens (tertiary/aromatic N) is 5. The quantitative estimate of drug-likeness (QED) is 0.585. The summed E-state index contributed by atoms with van der Waals surface area (Å²) in [6, 6.07) is 16.2. The minimum atomic E-state index is 0.416. The van der Waals surface area contributed by atoms with Crippen LogP contribution in [0.4, 0.5) is 5.69 Å². The lowest BCUT2D eigenvalue weighted by atomic mass is 10.2. The van der Waals surface area contributed by atoms with Crippen molar-refractivity contribution < 1.29 is 9.15 Å². The summed E-state index contributed by atoms with van der Waals surface area (Å²) in [5.74, 6) is 1.52. The molecular weight excluding hydrogens is 354 g/mol. The van der Waals surface area contributed by atoms with Crippen LogP contribution in [0.2, 0.25) is 0 Å². The molecule has 0 amide bonds. The van der Waals surface area contributed by atoms with Crippen LogP contribution in [-0.2, 0) is 0 Å². The largest absolute Gasteiger partial charge is 0.478 e. The third-order valence-corrected chi connectivity index (χ3v) is 4.83. The average Bonchev–Trinajstić information content (AvgIpc) is 3.19. The number of aromatic nitrogens is 3. The SMILES string of the molecule is Cc1nnc(-c2cccc(OCCCN3CCN(c4ccccc4)CC3)n2)o1. The summed E-state index contributed by atoms with van der Waals surface area (Å²) in [6.45, 7) is 7.73. The van der Waals surface area contributed by atoms with Crippen LogP contribution in [-0.4, -0.2) is 59.4 Å². The van der Waals surface area contributed by atoms with Crippen molar-refractivity contribution in [3.05, 3.63) is 54.4 Å². The Bertz CT molecular complexity index is 875. The van der Waals surface area contributed by atoms with Gasteiger partial charge in [0.15, 0.2) is 0 Å². The zero-order valence-electron chi connectivity index (χ0n) is 16.1. The van der Waals surface area contributed by atoms with E-state index in [0.717, 1.165) is 39.1 Å². The molecular formula is C21H25N5O2. The van der Waals surface area contributed by atoms with Crippen molar-refractivity contribution in [3.8, 4) is 17.5 Å². The molecule has 0 N–H and O–H groups in total. The van der Waals surface area contributed by atoms with Crippen LogP contribution in [0.5, 0.6) is 5.88 Å². The first kappa shape index (κ1) is 18.4. The smallest absolute Gasteiger partial charge is 0.266 e. The number of hydrogen-bond donors (Lipinski definition) is 0. The maximum Gasteiger partial charge on any atom is 0.266 e. The first-order valence-corrected chi connectivity index (χ1v) is 9.70. The van der Waals surface area contributed by atoms with Crippen molar-refractivity contribution >= 4 is 5.69 Å². The molecule has 3 aromatic rings. The molecule has 0 aliphatic carbocycles. The second-order valence-corrected chi connectivity index (χ2v) is 6.85. The van der Waals surface area contributed by atoms with Gasteiger partial charge in [0.1, 0.15) is 5.69 Å². The zero-order chi connectivity index (χ0) is 19.2. The highest BCUT2D eigenvalue weighted by Gasteiger charge is 2.16. The van der Waals surface area contributed by atoms with E-state index >= 15 is 0 Å². The van der Waals surface area contributed by atoms with Gasteiger partial charge in [-0.25, -0.2) is 4.98 Å². The number of para-hydroxylation sites is 1. The molecule has 0 atom stereocenters. The third kappa shape index (κ3) is 4.67. The highest BCUT2D eigenvalue weighted by molar-refractivity contribution is 5.47. The molecule has 7 heteroatoms. The summed E-state index contributed by atoms with van der Waals surface area (Å²) in [5, 5.41) is 7.84. The van der Waals surface area contributed by atoms with Gasteiger partial charge in [-0.2, -0.15) is 0 Å². The molecule has 0 spiro atoms. The number of piperazine rings is 1. The summed E-state index contributed by atoms with van der Waals surface area (Å²) in [7, 11) is 0. The normalized spacial score (nSPS) is 15.0. The Morgan fingerprint density at radius 1 is 0.964 bits per heavy atom. The lowest BCUT2D eigenvalue weighted by molar-refractivity contribution is 0.222. The fourth-order valence-electron chi connectivity index (χ4n) is 3.35. The van der Waals surface area contributed by atoms with Crippen molar-refractivity contribution in [2.45, 2.75) is 13.3 Å². The maximum absolute atomic E-state index is 5.82. The highest BCUT2D eigenvalue weighted by atomic mass is 16.5. The molecule has 28 heavy (non-hydrogen) atoms. The van der Waals surface area contributed by atoms with E-state index in [-0.39, 0.29) is 0 Å². The molecule has 0 radical (unpaired) electrons. The van der Waals surface area contributed by atoms with Crippen molar-refractivity contribution in [2.75, 3.05) is 44.2 Å². The van der Waals surface area contributed by atoms with Gasteiger partial charge >= 0.3 is 0 Å². The van der Waals surface area contributed by atoms with E-state index in [1.54, 1.807) is 6.92 Å². The van der Waals surface area contributed by atoms with Gasteiger partial charge in [-0.05, 0) is 24.6 Å². The summed E-state index contributed by atoms with van der Waals surface area (Å²) in [6.07, 6.45) is 0.969. The Kier molecular flexibility index (Phi) is 5.82. The van der Waals surface area contributed by atoms with Crippen LogP contribution >= 0.6 is 0 Å². The van der Waals surface area contributed by atoms with E-state index < -0.39 is 0 Å². The predicted molar refractivity (Wildman–Crippen MR) is 107 cm³/mol. The van der Waals surface area contributed by atoms with E-state index in [9.17, 15) is 0 Å². The fraction of sp³-hybridized carbons (Fsp3) is 0.381. The molecule has 146 valence electrons. The van der Waals surface area contributed by atoms with E-state index in [1.807, 2.05) is 18.2 Å². The number of hydrogen-bond acceptors (Lipinski definition) is 7. The molecule has 1 saturated heterocycles. The topological polar surface area (TPSA) is 67.5 Å². The Hall–Kier alpha value is -2.93. The molecule has 4 rings (SSSR count). The molecule has 2 aromatic heterocycles. The molecule has 7 nitrogen and oxygen atoms in total. The van der Waals surface area contributed by atoms with Crippen LogP contribution in [0.1, 0.15) is 12.3 Å². The van der Waals surface area contributed by atoms with E-state index in [1.165, 1.54) is 5.69 Å². The van der Waals surface area contributed by atoms with Crippen molar-refractivity contribution in [3.63, 3.8) is 0 Å². The first-order valence-electron chi connectivity index (χ1n) is 9.70. The minimum Gasteiger partial charge on any atom is -0.478 e. The average molecular weight is 379 g/mol. The van der Waals surface area contributed by atoms with Crippen LogP contribution in [0, 0.1) is 6.92 Å². The molecule has 0 unspecified atom stereocenters. The summed E-state index contributed by atoms with van der Waals surface area (Å²) in [5.41, 5.74) is 1.95. The summed E-state index contributed by atoms with van der Waals surface area (Å²) in [4.78, 5) is 9.39. The van der Waals surface area contributed by atoms with Gasteiger partial charge < -0.3 is 14.1 Å².